The molecule has 0 atom stereocenters. The van der Waals surface area contributed by atoms with Crippen LogP contribution in [0.5, 0.6) is 0 Å². The van der Waals surface area contributed by atoms with Crippen molar-refractivity contribution >= 4 is 26.2 Å². The van der Waals surface area contributed by atoms with Crippen molar-refractivity contribution in [3.63, 3.8) is 0 Å². The first-order valence-corrected chi connectivity index (χ1v) is 15.6. The van der Waals surface area contributed by atoms with Gasteiger partial charge in [-0.1, -0.05) is 40.5 Å². The Morgan fingerprint density at radius 3 is 1.20 bits per heavy atom. The molecule has 0 aliphatic carbocycles. The van der Waals surface area contributed by atoms with Gasteiger partial charge < -0.3 is 0 Å². The Morgan fingerprint density at radius 2 is 0.909 bits per heavy atom. The molecule has 0 N–H and O–H groups in total. The van der Waals surface area contributed by atoms with Gasteiger partial charge in [0.05, 0.1) is 5.75 Å². The third kappa shape index (κ3) is 7.02. The van der Waals surface area contributed by atoms with Gasteiger partial charge in [0.1, 0.15) is 5.78 Å². The molecule has 0 aromatic rings. The highest BCUT2D eigenvalue weighted by atomic mass is 32.3. The quantitative estimate of drug-likeness (QED) is 0.132. The molecule has 4 nitrogen and oxygen atoms in total. The van der Waals surface area contributed by atoms with Crippen LogP contribution >= 0.6 is 10.3 Å². The molecule has 0 heterocycles. The van der Waals surface area contributed by atoms with Gasteiger partial charge in [-0.2, -0.15) is 83.1 Å². The summed E-state index contributed by atoms with van der Waals surface area (Å²) in [6.07, 6.45) is -8.12. The first kappa shape index (κ1) is 42.7. The van der Waals surface area contributed by atoms with Crippen molar-refractivity contribution < 1.29 is 91.5 Å². The number of unbranched alkanes of at least 4 members (excludes halogenated alkanes) is 2. The zero-order valence-corrected chi connectivity index (χ0v) is 24.5. The van der Waals surface area contributed by atoms with E-state index in [2.05, 4.69) is 3.63 Å². The Kier molecular flexibility index (Phi) is 12.7. The fraction of sp³-hybridized carbons (Fsp3) is 0.952. The predicted octanol–water partition coefficient (Wildman–Crippen LogP) is 8.84. The molecule has 0 unspecified atom stereocenters. The van der Waals surface area contributed by atoms with Crippen molar-refractivity contribution in [3.05, 3.63) is 0 Å². The summed E-state index contributed by atoms with van der Waals surface area (Å²) in [4.78, 5) is 12.4. The third-order valence-electron chi connectivity index (χ3n) is 6.03. The number of Topliss-reactive ketones (excluding diaryl/α,β-unsaturated/α-hetero) is 1. The van der Waals surface area contributed by atoms with Crippen molar-refractivity contribution in [2.24, 2.45) is 5.92 Å². The third-order valence-corrected chi connectivity index (χ3v) is 11.7. The molecule has 0 saturated heterocycles. The maximum Gasteiger partial charge on any atom is 0.460 e. The molecule has 0 aliphatic rings. The second-order valence-electron chi connectivity index (χ2n) is 9.83. The molecule has 0 aliphatic heterocycles. The Hall–Kier alpha value is -1.26. The maximum absolute atomic E-state index is 14.7. The van der Waals surface area contributed by atoms with Gasteiger partial charge >= 0.3 is 57.1 Å². The summed E-state index contributed by atoms with van der Waals surface area (Å²) in [5, 5.41) is -7.78. The standard InChI is InChI=1S/C21H27F17O4S2/c1-5-7-9-43(10-8-6-2,11-13(39)12(3)4)42-44(40,41)21(37,38)19(32,33)17(28,29)15(24,25)14(22,23)16(26,27)18(30,31)20(34,35)36/h12H,5-11H2,1-4H3. The summed E-state index contributed by atoms with van der Waals surface area (Å²) in [5.41, 5.74) is 0. The van der Waals surface area contributed by atoms with Crippen LogP contribution < -0.4 is 0 Å². The summed E-state index contributed by atoms with van der Waals surface area (Å²) < 4.78 is 260. The minimum absolute atomic E-state index is 0.0862. The summed E-state index contributed by atoms with van der Waals surface area (Å²) in [5.74, 6) is -56.5. The Bertz CT molecular complexity index is 1090. The predicted molar refractivity (Wildman–Crippen MR) is 123 cm³/mol. The number of alkyl halides is 17. The first-order valence-electron chi connectivity index (χ1n) is 12.1. The van der Waals surface area contributed by atoms with E-state index in [0.717, 1.165) is 0 Å². The highest BCUT2D eigenvalue weighted by molar-refractivity contribution is 8.33. The summed E-state index contributed by atoms with van der Waals surface area (Å²) in [7, 11) is -11.7. The molecule has 0 saturated carbocycles. The van der Waals surface area contributed by atoms with Gasteiger partial charge in [0.2, 0.25) is 0 Å². The Labute approximate surface area is 241 Å². The van der Waals surface area contributed by atoms with Gasteiger partial charge in [0.25, 0.3) is 0 Å². The fourth-order valence-corrected chi connectivity index (χ4v) is 9.13. The van der Waals surface area contributed by atoms with E-state index in [9.17, 15) is 87.8 Å². The van der Waals surface area contributed by atoms with E-state index in [0.29, 0.717) is 0 Å². The Balaban J connectivity index is 7.23. The Morgan fingerprint density at radius 1 is 0.591 bits per heavy atom. The minimum Gasteiger partial charge on any atom is -0.298 e. The lowest BCUT2D eigenvalue weighted by molar-refractivity contribution is -0.458. The molecule has 0 fully saturated rings. The van der Waals surface area contributed by atoms with Crippen LogP contribution in [0.1, 0.15) is 53.4 Å². The number of hydrogen-bond acceptors (Lipinski definition) is 4. The molecule has 266 valence electrons. The maximum atomic E-state index is 14.7. The summed E-state index contributed by atoms with van der Waals surface area (Å²) in [6, 6.07) is 0. The van der Waals surface area contributed by atoms with E-state index in [4.69, 9.17) is 0 Å². The van der Waals surface area contributed by atoms with Crippen molar-refractivity contribution in [1.82, 2.24) is 0 Å². The molecule has 23 heteroatoms. The van der Waals surface area contributed by atoms with Gasteiger partial charge in [-0.25, -0.2) is 3.63 Å². The van der Waals surface area contributed by atoms with Crippen LogP contribution in [0.3, 0.4) is 0 Å². The van der Waals surface area contributed by atoms with Crippen molar-refractivity contribution in [2.75, 3.05) is 17.3 Å². The average Bonchev–Trinajstić information content (AvgIpc) is 2.84. The van der Waals surface area contributed by atoms with E-state index in [1.807, 2.05) is 0 Å². The van der Waals surface area contributed by atoms with E-state index in [1.54, 1.807) is 0 Å². The van der Waals surface area contributed by atoms with Gasteiger partial charge in [-0.3, -0.25) is 4.79 Å². The lowest BCUT2D eigenvalue weighted by atomic mass is 9.91. The highest BCUT2D eigenvalue weighted by Crippen LogP contribution is 2.65. The van der Waals surface area contributed by atoms with Crippen LogP contribution in [0.2, 0.25) is 0 Å². The van der Waals surface area contributed by atoms with Gasteiger partial charge in [0, 0.05) is 17.4 Å². The van der Waals surface area contributed by atoms with Crippen molar-refractivity contribution in [3.8, 4) is 0 Å². The molecule has 0 rings (SSSR count). The van der Waals surface area contributed by atoms with Gasteiger partial charge in [-0.15, -0.1) is 10.3 Å². The van der Waals surface area contributed by atoms with E-state index in [-0.39, 0.29) is 25.7 Å². The van der Waals surface area contributed by atoms with Crippen molar-refractivity contribution in [1.29, 1.82) is 0 Å². The minimum atomic E-state index is -8.93. The first-order chi connectivity index (χ1) is 19.2. The fourth-order valence-electron chi connectivity index (χ4n) is 3.12. The molecule has 44 heavy (non-hydrogen) atoms. The highest BCUT2D eigenvalue weighted by Gasteiger charge is 2.96. The van der Waals surface area contributed by atoms with E-state index < -0.39 is 96.4 Å². The van der Waals surface area contributed by atoms with Crippen LogP contribution in [0, 0.1) is 5.92 Å². The smallest absolute Gasteiger partial charge is 0.298 e. The lowest BCUT2D eigenvalue weighted by Gasteiger charge is -2.43. The summed E-state index contributed by atoms with van der Waals surface area (Å²) >= 11 is 0. The molecule has 0 aromatic heterocycles. The molecule has 0 radical (unpaired) electrons. The zero-order chi connectivity index (χ0) is 35.8. The topological polar surface area (TPSA) is 60.4 Å². The van der Waals surface area contributed by atoms with Gasteiger partial charge in [-0.05, 0) is 12.8 Å². The summed E-state index contributed by atoms with van der Waals surface area (Å²) in [6.45, 7) is 5.22. The number of halogens is 17. The van der Waals surface area contributed by atoms with Crippen molar-refractivity contribution in [2.45, 2.75) is 100 Å². The zero-order valence-electron chi connectivity index (χ0n) is 22.9. The van der Waals surface area contributed by atoms with E-state index in [1.165, 1.54) is 27.7 Å². The molecule has 0 amide bonds. The normalized spacial score (nSPS) is 16.0. The van der Waals surface area contributed by atoms with Crippen LogP contribution in [-0.2, 0) is 18.5 Å². The number of carbonyl (C=O) groups excluding carboxylic acids is 1. The largest absolute Gasteiger partial charge is 0.460 e. The average molecular weight is 731 g/mol. The molecule has 0 spiro atoms. The van der Waals surface area contributed by atoms with Crippen LogP contribution in [0.15, 0.2) is 0 Å². The molecular weight excluding hydrogens is 703 g/mol. The SMILES string of the molecule is CCCCS(CCCC)(CC(=O)C(C)C)OS(=O)(=O)C(F)(F)C(F)(F)C(F)(F)C(F)(F)C(F)(F)C(F)(F)C(F)(F)C(F)(F)F. The molecule has 0 bridgehead atoms. The van der Waals surface area contributed by atoms with Gasteiger partial charge in [0.15, 0.2) is 0 Å². The number of carbonyl (C=O) groups is 1. The molecule has 0 aromatic carbocycles. The van der Waals surface area contributed by atoms with Crippen LogP contribution in [0.4, 0.5) is 74.6 Å². The second-order valence-corrected chi connectivity index (χ2v) is 14.8. The molecular formula is C21H27F17O4S2. The van der Waals surface area contributed by atoms with Crippen LogP contribution in [0.25, 0.3) is 0 Å². The number of ketones is 1. The number of hydrogen-bond donors (Lipinski definition) is 0. The van der Waals surface area contributed by atoms with Crippen LogP contribution in [-0.4, -0.2) is 78.4 Å². The number of rotatable bonds is 18. The monoisotopic (exact) mass is 730 g/mol. The second kappa shape index (κ2) is 13.1. The lowest BCUT2D eigenvalue weighted by Crippen LogP contribution is -2.75. The van der Waals surface area contributed by atoms with E-state index >= 15 is 0 Å².